The Hall–Kier alpha value is -1.26. The number of hydrogen-bond donors (Lipinski definition) is 0. The van der Waals surface area contributed by atoms with Crippen LogP contribution in [0.4, 0.5) is 0 Å². The minimum absolute atomic E-state index is 0.333. The molecule has 0 aromatic heterocycles. The van der Waals surface area contributed by atoms with Crippen molar-refractivity contribution in [3.05, 3.63) is 34.9 Å². The van der Waals surface area contributed by atoms with Gasteiger partial charge in [-0.1, -0.05) is 23.8 Å². The van der Waals surface area contributed by atoms with Crippen molar-refractivity contribution < 1.29 is 14.0 Å². The number of rotatable bonds is 3. The molecule has 0 atom stereocenters. The second-order valence-corrected chi connectivity index (χ2v) is 7.19. The average Bonchev–Trinajstić information content (AvgIpc) is 2.60. The Morgan fingerprint density at radius 1 is 1.05 bits per heavy atom. The number of methoxy groups -OCH3 is 1. The van der Waals surface area contributed by atoms with Gasteiger partial charge in [-0.3, -0.25) is 0 Å². The van der Waals surface area contributed by atoms with Gasteiger partial charge in [0, 0.05) is 5.56 Å². The van der Waals surface area contributed by atoms with Crippen LogP contribution in [0.15, 0.2) is 23.8 Å². The molecular formula is C18H27BO3. The number of allylic oxidation sites excluding steroid dienone is 1. The van der Waals surface area contributed by atoms with Crippen LogP contribution >= 0.6 is 0 Å². The van der Waals surface area contributed by atoms with Crippen LogP contribution in [-0.4, -0.2) is 25.4 Å². The van der Waals surface area contributed by atoms with E-state index in [2.05, 4.69) is 52.8 Å². The SMILES string of the molecule is COC(=C(C)C)c1ccc(C)c(B2OC(C)(C)C(C)(C)O2)c1. The third kappa shape index (κ3) is 2.95. The van der Waals surface area contributed by atoms with Crippen molar-refractivity contribution in [2.75, 3.05) is 7.11 Å². The zero-order valence-electron chi connectivity index (χ0n) is 15.0. The molecule has 0 amide bonds. The Balaban J connectivity index is 2.44. The normalized spacial score (nSPS) is 19.2. The van der Waals surface area contributed by atoms with Gasteiger partial charge in [-0.2, -0.15) is 0 Å². The van der Waals surface area contributed by atoms with E-state index in [0.717, 1.165) is 27.9 Å². The summed E-state index contributed by atoms with van der Waals surface area (Å²) in [6, 6.07) is 6.29. The maximum atomic E-state index is 6.18. The number of aryl methyl sites for hydroxylation is 1. The van der Waals surface area contributed by atoms with E-state index >= 15 is 0 Å². The van der Waals surface area contributed by atoms with Crippen LogP contribution in [0.5, 0.6) is 0 Å². The topological polar surface area (TPSA) is 27.7 Å². The molecule has 1 aromatic carbocycles. The smallest absolute Gasteiger partial charge is 0.495 e. The van der Waals surface area contributed by atoms with Gasteiger partial charge in [0.05, 0.1) is 18.3 Å². The van der Waals surface area contributed by atoms with Crippen molar-refractivity contribution in [1.29, 1.82) is 0 Å². The van der Waals surface area contributed by atoms with Crippen LogP contribution in [0.3, 0.4) is 0 Å². The van der Waals surface area contributed by atoms with Crippen LogP contribution in [0.2, 0.25) is 0 Å². The zero-order valence-corrected chi connectivity index (χ0v) is 15.0. The second kappa shape index (κ2) is 5.75. The van der Waals surface area contributed by atoms with Gasteiger partial charge in [0.25, 0.3) is 0 Å². The lowest BCUT2D eigenvalue weighted by molar-refractivity contribution is 0.00578. The lowest BCUT2D eigenvalue weighted by Crippen LogP contribution is -2.41. The van der Waals surface area contributed by atoms with E-state index in [-0.39, 0.29) is 18.3 Å². The molecule has 0 saturated carbocycles. The Bertz CT molecular complexity index is 582. The summed E-state index contributed by atoms with van der Waals surface area (Å²) in [7, 11) is 1.36. The van der Waals surface area contributed by atoms with Crippen molar-refractivity contribution in [1.82, 2.24) is 0 Å². The van der Waals surface area contributed by atoms with Gasteiger partial charge in [0.15, 0.2) is 0 Å². The molecule has 0 spiro atoms. The molecule has 1 aliphatic rings. The average molecular weight is 302 g/mol. The fourth-order valence-corrected chi connectivity index (χ4v) is 2.62. The fourth-order valence-electron chi connectivity index (χ4n) is 2.62. The molecule has 0 bridgehead atoms. The van der Waals surface area contributed by atoms with Crippen LogP contribution in [0.25, 0.3) is 5.76 Å². The molecule has 0 aliphatic carbocycles. The van der Waals surface area contributed by atoms with Crippen LogP contribution in [0, 0.1) is 6.92 Å². The van der Waals surface area contributed by atoms with Gasteiger partial charge >= 0.3 is 7.12 Å². The number of ether oxygens (including phenoxy) is 1. The molecule has 1 saturated heterocycles. The molecule has 1 aliphatic heterocycles. The summed E-state index contributed by atoms with van der Waals surface area (Å²) in [5, 5.41) is 0. The van der Waals surface area contributed by atoms with Crippen molar-refractivity contribution >= 4 is 18.3 Å². The van der Waals surface area contributed by atoms with Gasteiger partial charge in [-0.05, 0) is 59.5 Å². The van der Waals surface area contributed by atoms with Gasteiger partial charge < -0.3 is 14.0 Å². The molecule has 22 heavy (non-hydrogen) atoms. The van der Waals surface area contributed by atoms with Crippen molar-refractivity contribution in [2.45, 2.75) is 59.7 Å². The van der Waals surface area contributed by atoms with Gasteiger partial charge in [0.1, 0.15) is 5.76 Å². The first kappa shape index (κ1) is 17.1. The van der Waals surface area contributed by atoms with E-state index in [1.807, 2.05) is 13.8 Å². The van der Waals surface area contributed by atoms with Gasteiger partial charge in [-0.15, -0.1) is 0 Å². The molecule has 0 unspecified atom stereocenters. The molecule has 2 rings (SSSR count). The molecule has 1 aromatic rings. The first-order valence-electron chi connectivity index (χ1n) is 7.77. The molecule has 0 radical (unpaired) electrons. The number of hydrogen-bond acceptors (Lipinski definition) is 3. The molecule has 4 heteroatoms. The standard InChI is InChI=1S/C18H27BO3/c1-12(2)16(20-8)14-10-9-13(3)15(11-14)19-21-17(4,5)18(6,7)22-19/h9-11H,1-8H3. The minimum atomic E-state index is -0.347. The Kier molecular flexibility index (Phi) is 4.47. The first-order valence-corrected chi connectivity index (χ1v) is 7.77. The van der Waals surface area contributed by atoms with E-state index in [1.54, 1.807) is 7.11 Å². The molecule has 3 nitrogen and oxygen atoms in total. The van der Waals surface area contributed by atoms with Crippen molar-refractivity contribution in [2.24, 2.45) is 0 Å². The van der Waals surface area contributed by atoms with Crippen LogP contribution < -0.4 is 5.46 Å². The summed E-state index contributed by atoms with van der Waals surface area (Å²) in [5.41, 5.74) is 3.75. The molecule has 1 fully saturated rings. The summed E-state index contributed by atoms with van der Waals surface area (Å²) in [4.78, 5) is 0. The highest BCUT2D eigenvalue weighted by atomic mass is 16.7. The first-order chi connectivity index (χ1) is 10.1. The number of benzene rings is 1. The Morgan fingerprint density at radius 2 is 1.59 bits per heavy atom. The predicted octanol–water partition coefficient (Wildman–Crippen LogP) is 3.69. The third-order valence-electron chi connectivity index (χ3n) is 4.71. The van der Waals surface area contributed by atoms with E-state index in [0.29, 0.717) is 0 Å². The molecule has 1 heterocycles. The van der Waals surface area contributed by atoms with Crippen LogP contribution in [0.1, 0.15) is 52.7 Å². The summed E-state index contributed by atoms with van der Waals surface area (Å²) < 4.78 is 17.9. The molecule has 120 valence electrons. The van der Waals surface area contributed by atoms with E-state index in [1.165, 1.54) is 0 Å². The maximum absolute atomic E-state index is 6.18. The highest BCUT2D eigenvalue weighted by Gasteiger charge is 2.52. The maximum Gasteiger partial charge on any atom is 0.495 e. The predicted molar refractivity (Wildman–Crippen MR) is 92.2 cm³/mol. The lowest BCUT2D eigenvalue weighted by Gasteiger charge is -2.32. The summed E-state index contributed by atoms with van der Waals surface area (Å²) in [6.45, 7) is 14.5. The molecule has 0 N–H and O–H groups in total. The van der Waals surface area contributed by atoms with Crippen molar-refractivity contribution in [3.8, 4) is 0 Å². The largest absolute Gasteiger partial charge is 0.496 e. The summed E-state index contributed by atoms with van der Waals surface area (Å²) in [5.74, 6) is 0.901. The van der Waals surface area contributed by atoms with Crippen molar-refractivity contribution in [3.63, 3.8) is 0 Å². The Labute approximate surface area is 134 Å². The fraction of sp³-hybridized carbons (Fsp3) is 0.556. The molecular weight excluding hydrogens is 275 g/mol. The van der Waals surface area contributed by atoms with E-state index in [9.17, 15) is 0 Å². The third-order valence-corrected chi connectivity index (χ3v) is 4.71. The highest BCUT2D eigenvalue weighted by Crippen LogP contribution is 2.36. The summed E-state index contributed by atoms with van der Waals surface area (Å²) in [6.07, 6.45) is 0. The minimum Gasteiger partial charge on any atom is -0.496 e. The summed E-state index contributed by atoms with van der Waals surface area (Å²) >= 11 is 0. The van der Waals surface area contributed by atoms with Crippen LogP contribution in [-0.2, 0) is 14.0 Å². The quantitative estimate of drug-likeness (QED) is 0.629. The van der Waals surface area contributed by atoms with Gasteiger partial charge in [-0.25, -0.2) is 0 Å². The monoisotopic (exact) mass is 302 g/mol. The second-order valence-electron chi connectivity index (χ2n) is 7.19. The van der Waals surface area contributed by atoms with Gasteiger partial charge in [0.2, 0.25) is 0 Å². The Morgan fingerprint density at radius 3 is 2.05 bits per heavy atom. The zero-order chi connectivity index (χ0) is 16.7. The van der Waals surface area contributed by atoms with E-state index < -0.39 is 0 Å². The van der Waals surface area contributed by atoms with E-state index in [4.69, 9.17) is 14.0 Å². The lowest BCUT2D eigenvalue weighted by atomic mass is 9.75. The highest BCUT2D eigenvalue weighted by molar-refractivity contribution is 6.62.